The first-order chi connectivity index (χ1) is 13.5. The van der Waals surface area contributed by atoms with Crippen LogP contribution in [-0.4, -0.2) is 21.4 Å². The Balaban J connectivity index is 1.57. The van der Waals surface area contributed by atoms with E-state index >= 15 is 0 Å². The minimum absolute atomic E-state index is 0.387. The maximum absolute atomic E-state index is 12.2. The van der Waals surface area contributed by atoms with Crippen molar-refractivity contribution in [2.45, 2.75) is 10.1 Å². The molecule has 2 heterocycles. The number of carbonyl (C=O) groups is 2. The normalized spacial score (nSPS) is 14.7. The molecule has 0 fully saturated rings. The molecule has 3 aromatic rings. The molecule has 0 unspecified atom stereocenters. The summed E-state index contributed by atoms with van der Waals surface area (Å²) in [7, 11) is 1.92. The molecule has 0 spiro atoms. The number of nitrogens with one attached hydrogen (secondary N) is 2. The molecular weight excluding hydrogens is 396 g/mol. The van der Waals surface area contributed by atoms with Gasteiger partial charge in [-0.25, -0.2) is 4.98 Å². The molecule has 0 saturated carbocycles. The van der Waals surface area contributed by atoms with Crippen molar-refractivity contribution in [2.24, 2.45) is 7.05 Å². The van der Waals surface area contributed by atoms with Crippen LogP contribution < -0.4 is 10.6 Å². The van der Waals surface area contributed by atoms with Crippen LogP contribution in [0.25, 0.3) is 5.57 Å². The first-order valence-electron chi connectivity index (χ1n) is 8.39. The predicted molar refractivity (Wildman–Crippen MR) is 109 cm³/mol. The largest absolute Gasteiger partial charge is 0.361 e. The van der Waals surface area contributed by atoms with Crippen LogP contribution in [0.15, 0.2) is 71.1 Å². The Bertz CT molecular complexity index is 1120. The fraction of sp³-hybridized carbons (Fsp3) is 0.0500. The highest BCUT2D eigenvalue weighted by Gasteiger charge is 2.26. The summed E-state index contributed by atoms with van der Waals surface area (Å²) in [4.78, 5) is 29.3. The van der Waals surface area contributed by atoms with E-state index in [-0.39, 0.29) is 0 Å². The highest BCUT2D eigenvalue weighted by molar-refractivity contribution is 7.99. The van der Waals surface area contributed by atoms with Crippen molar-refractivity contribution in [1.82, 2.24) is 14.9 Å². The molecule has 0 atom stereocenters. The van der Waals surface area contributed by atoms with Crippen molar-refractivity contribution in [3.05, 3.63) is 77.2 Å². The standard InChI is InChI=1S/C20H15ClN4O2S/c1-25-9-8-22-20(25)28-17-7-6-12(10-16(17)21)23-11-15-13-4-2-3-5-14(13)18(26)24-19(15)27/h2-11,23H,1H3,(H,24,26,27)/b15-11-. The Morgan fingerprint density at radius 1 is 1.14 bits per heavy atom. The Morgan fingerprint density at radius 2 is 1.93 bits per heavy atom. The van der Waals surface area contributed by atoms with E-state index in [1.165, 1.54) is 11.8 Å². The monoisotopic (exact) mass is 410 g/mol. The van der Waals surface area contributed by atoms with Crippen LogP contribution >= 0.6 is 23.4 Å². The molecule has 28 heavy (non-hydrogen) atoms. The van der Waals surface area contributed by atoms with E-state index in [4.69, 9.17) is 11.6 Å². The van der Waals surface area contributed by atoms with Crippen LogP contribution in [0.5, 0.6) is 0 Å². The van der Waals surface area contributed by atoms with Gasteiger partial charge in [0.05, 0.1) is 10.6 Å². The lowest BCUT2D eigenvalue weighted by molar-refractivity contribution is -0.114. The molecule has 0 saturated heterocycles. The second-order valence-electron chi connectivity index (χ2n) is 6.10. The lowest BCUT2D eigenvalue weighted by Crippen LogP contribution is -2.36. The Morgan fingerprint density at radius 3 is 2.64 bits per heavy atom. The molecule has 140 valence electrons. The number of aromatic nitrogens is 2. The average Bonchev–Trinajstić information content (AvgIpc) is 3.08. The van der Waals surface area contributed by atoms with Crippen LogP contribution in [-0.2, 0) is 11.8 Å². The van der Waals surface area contributed by atoms with Crippen LogP contribution in [0.4, 0.5) is 5.69 Å². The Hall–Kier alpha value is -3.03. The van der Waals surface area contributed by atoms with Gasteiger partial charge in [0.1, 0.15) is 0 Å². The van der Waals surface area contributed by atoms with Crippen molar-refractivity contribution in [1.29, 1.82) is 0 Å². The van der Waals surface area contributed by atoms with Gasteiger partial charge in [-0.05, 0) is 24.3 Å². The van der Waals surface area contributed by atoms with Gasteiger partial charge in [0.2, 0.25) is 0 Å². The zero-order valence-corrected chi connectivity index (χ0v) is 16.3. The molecular formula is C20H15ClN4O2S. The van der Waals surface area contributed by atoms with Gasteiger partial charge in [0, 0.05) is 47.4 Å². The third-order valence-corrected chi connectivity index (χ3v) is 5.80. The maximum atomic E-state index is 12.2. The number of nitrogens with zero attached hydrogens (tertiary/aromatic N) is 2. The number of aryl methyl sites for hydroxylation is 1. The fourth-order valence-electron chi connectivity index (χ4n) is 2.80. The Labute approximate surface area is 170 Å². The molecule has 2 N–H and O–H groups in total. The van der Waals surface area contributed by atoms with Gasteiger partial charge >= 0.3 is 0 Å². The van der Waals surface area contributed by atoms with E-state index in [0.717, 1.165) is 15.7 Å². The lowest BCUT2D eigenvalue weighted by atomic mass is 9.96. The minimum atomic E-state index is -0.441. The van der Waals surface area contributed by atoms with Crippen LogP contribution in [0.1, 0.15) is 15.9 Å². The van der Waals surface area contributed by atoms with Crippen molar-refractivity contribution in [3.63, 3.8) is 0 Å². The first kappa shape index (κ1) is 18.3. The van der Waals surface area contributed by atoms with Crippen molar-refractivity contribution >= 4 is 46.4 Å². The number of fused-ring (bicyclic) bond motifs is 1. The number of imide groups is 1. The number of carbonyl (C=O) groups excluding carboxylic acids is 2. The summed E-state index contributed by atoms with van der Waals surface area (Å²) >= 11 is 7.88. The molecule has 1 aliphatic heterocycles. The van der Waals surface area contributed by atoms with E-state index in [0.29, 0.717) is 21.7 Å². The third-order valence-electron chi connectivity index (χ3n) is 4.23. The van der Waals surface area contributed by atoms with Gasteiger partial charge in [-0.3, -0.25) is 14.9 Å². The van der Waals surface area contributed by atoms with Crippen LogP contribution in [0.2, 0.25) is 5.02 Å². The Kier molecular flexibility index (Phi) is 4.93. The van der Waals surface area contributed by atoms with Gasteiger partial charge in [-0.2, -0.15) is 0 Å². The molecule has 0 radical (unpaired) electrons. The molecule has 2 aromatic carbocycles. The predicted octanol–water partition coefficient (Wildman–Crippen LogP) is 3.95. The number of imidazole rings is 1. The zero-order valence-electron chi connectivity index (χ0n) is 14.8. The molecule has 4 rings (SSSR count). The number of rotatable bonds is 4. The zero-order chi connectivity index (χ0) is 19.7. The SMILES string of the molecule is Cn1ccnc1Sc1ccc(N/C=C2\C(=O)NC(=O)c3ccccc32)cc1Cl. The fourth-order valence-corrected chi connectivity index (χ4v) is 3.90. The van der Waals surface area contributed by atoms with Gasteiger partial charge in [-0.1, -0.05) is 41.6 Å². The van der Waals surface area contributed by atoms with E-state index < -0.39 is 11.8 Å². The molecule has 1 aliphatic rings. The first-order valence-corrected chi connectivity index (χ1v) is 9.59. The van der Waals surface area contributed by atoms with E-state index in [2.05, 4.69) is 15.6 Å². The summed E-state index contributed by atoms with van der Waals surface area (Å²) < 4.78 is 1.91. The number of hydrogen-bond donors (Lipinski definition) is 2. The summed E-state index contributed by atoms with van der Waals surface area (Å²) in [6.07, 6.45) is 5.18. The molecule has 2 amide bonds. The molecule has 0 aliphatic carbocycles. The summed E-state index contributed by atoms with van der Waals surface area (Å²) in [6, 6.07) is 12.5. The summed E-state index contributed by atoms with van der Waals surface area (Å²) in [6.45, 7) is 0. The summed E-state index contributed by atoms with van der Waals surface area (Å²) in [5, 5.41) is 6.85. The van der Waals surface area contributed by atoms with Gasteiger partial charge in [0.25, 0.3) is 11.8 Å². The number of hydrogen-bond acceptors (Lipinski definition) is 5. The van der Waals surface area contributed by atoms with Crippen LogP contribution in [0, 0.1) is 0 Å². The van der Waals surface area contributed by atoms with Crippen LogP contribution in [0.3, 0.4) is 0 Å². The summed E-state index contributed by atoms with van der Waals surface area (Å²) in [5.41, 5.74) is 2.17. The number of amides is 2. The van der Waals surface area contributed by atoms with E-state index in [1.807, 2.05) is 29.9 Å². The minimum Gasteiger partial charge on any atom is -0.361 e. The molecule has 0 bridgehead atoms. The maximum Gasteiger partial charge on any atom is 0.260 e. The quantitative estimate of drug-likeness (QED) is 0.503. The van der Waals surface area contributed by atoms with E-state index in [9.17, 15) is 9.59 Å². The van der Waals surface area contributed by atoms with Gasteiger partial charge < -0.3 is 9.88 Å². The second kappa shape index (κ2) is 7.53. The van der Waals surface area contributed by atoms with Gasteiger partial charge in [-0.15, -0.1) is 0 Å². The van der Waals surface area contributed by atoms with Crippen molar-refractivity contribution in [3.8, 4) is 0 Å². The highest BCUT2D eigenvalue weighted by Crippen LogP contribution is 2.34. The lowest BCUT2D eigenvalue weighted by Gasteiger charge is -2.18. The van der Waals surface area contributed by atoms with E-state index in [1.54, 1.807) is 42.7 Å². The number of benzene rings is 2. The molecule has 1 aromatic heterocycles. The summed E-state index contributed by atoms with van der Waals surface area (Å²) in [5.74, 6) is -0.833. The topological polar surface area (TPSA) is 76.0 Å². The van der Waals surface area contributed by atoms with Crippen molar-refractivity contribution in [2.75, 3.05) is 5.32 Å². The molecule has 8 heteroatoms. The molecule has 6 nitrogen and oxygen atoms in total. The number of anilines is 1. The third kappa shape index (κ3) is 3.54. The smallest absolute Gasteiger partial charge is 0.260 e. The highest BCUT2D eigenvalue weighted by atomic mass is 35.5. The average molecular weight is 411 g/mol. The van der Waals surface area contributed by atoms with Gasteiger partial charge in [0.15, 0.2) is 5.16 Å². The van der Waals surface area contributed by atoms with Crippen molar-refractivity contribution < 1.29 is 9.59 Å². The second-order valence-corrected chi connectivity index (χ2v) is 7.52. The number of halogens is 1.